The average Bonchev–Trinajstić information content (AvgIpc) is 2.84. The number of halogens is 4. The van der Waals surface area contributed by atoms with Crippen LogP contribution < -0.4 is 5.32 Å². The van der Waals surface area contributed by atoms with Crippen LogP contribution in [0.15, 0.2) is 30.5 Å². The zero-order valence-corrected chi connectivity index (χ0v) is 11.8. The lowest BCUT2D eigenvalue weighted by Crippen LogP contribution is -2.19. The molecule has 2 rings (SSSR count). The molecular formula is C14H13F4N3O2. The van der Waals surface area contributed by atoms with E-state index in [1.807, 2.05) is 0 Å². The van der Waals surface area contributed by atoms with E-state index < -0.39 is 36.7 Å². The van der Waals surface area contributed by atoms with E-state index in [0.29, 0.717) is 5.69 Å². The number of carbonyl (C=O) groups is 1. The van der Waals surface area contributed by atoms with Crippen LogP contribution in [0.3, 0.4) is 0 Å². The molecule has 0 aliphatic heterocycles. The molecule has 1 heterocycles. The molecule has 124 valence electrons. The molecule has 0 bridgehead atoms. The summed E-state index contributed by atoms with van der Waals surface area (Å²) in [6.45, 7) is -0.900. The Kier molecular flexibility index (Phi) is 4.99. The minimum atomic E-state index is -4.66. The summed E-state index contributed by atoms with van der Waals surface area (Å²) in [5, 5.41) is 14.6. The number of rotatable bonds is 5. The van der Waals surface area contributed by atoms with Crippen molar-refractivity contribution in [1.29, 1.82) is 0 Å². The molecule has 1 aromatic heterocycles. The fourth-order valence-corrected chi connectivity index (χ4v) is 1.97. The van der Waals surface area contributed by atoms with Crippen molar-refractivity contribution in [2.75, 3.05) is 11.9 Å². The molecule has 2 aromatic rings. The van der Waals surface area contributed by atoms with Crippen LogP contribution in [0.1, 0.15) is 11.3 Å². The Balaban J connectivity index is 2.10. The van der Waals surface area contributed by atoms with Crippen LogP contribution in [0, 0.1) is 5.82 Å². The Labute approximate surface area is 128 Å². The van der Waals surface area contributed by atoms with Crippen molar-refractivity contribution >= 4 is 11.6 Å². The molecule has 1 aromatic carbocycles. The number of nitrogens with one attached hydrogen (secondary N) is 1. The van der Waals surface area contributed by atoms with Gasteiger partial charge in [-0.2, -0.15) is 18.3 Å². The van der Waals surface area contributed by atoms with E-state index in [-0.39, 0.29) is 12.0 Å². The van der Waals surface area contributed by atoms with Crippen LogP contribution in [-0.2, 0) is 23.9 Å². The molecule has 0 saturated carbocycles. The second-order valence-electron chi connectivity index (χ2n) is 4.73. The van der Waals surface area contributed by atoms with E-state index in [0.717, 1.165) is 23.0 Å². The second kappa shape index (κ2) is 6.78. The van der Waals surface area contributed by atoms with Crippen LogP contribution in [0.5, 0.6) is 0 Å². The highest BCUT2D eigenvalue weighted by atomic mass is 19.4. The number of carbonyl (C=O) groups excluding carboxylic acids is 1. The minimum absolute atomic E-state index is 0.186. The highest BCUT2D eigenvalue weighted by molar-refractivity contribution is 5.90. The highest BCUT2D eigenvalue weighted by Crippen LogP contribution is 2.30. The van der Waals surface area contributed by atoms with Crippen LogP contribution >= 0.6 is 0 Å². The number of alkyl halides is 3. The van der Waals surface area contributed by atoms with Crippen LogP contribution in [-0.4, -0.2) is 27.4 Å². The predicted octanol–water partition coefficient (Wildman–Crippen LogP) is 2.21. The topological polar surface area (TPSA) is 67.2 Å². The lowest BCUT2D eigenvalue weighted by atomic mass is 10.2. The summed E-state index contributed by atoms with van der Waals surface area (Å²) in [6.07, 6.45) is -3.80. The average molecular weight is 331 g/mol. The lowest BCUT2D eigenvalue weighted by molar-refractivity contribution is -0.142. The van der Waals surface area contributed by atoms with Gasteiger partial charge in [-0.1, -0.05) is 0 Å². The first kappa shape index (κ1) is 16.9. The molecule has 0 spiro atoms. The molecule has 2 N–H and O–H groups in total. The smallest absolute Gasteiger partial charge is 0.396 e. The van der Waals surface area contributed by atoms with E-state index in [2.05, 4.69) is 10.4 Å². The number of nitrogens with zero attached hydrogens (tertiary/aromatic N) is 2. The Morgan fingerprint density at radius 1 is 1.26 bits per heavy atom. The van der Waals surface area contributed by atoms with Gasteiger partial charge in [0.2, 0.25) is 5.91 Å². The number of anilines is 1. The van der Waals surface area contributed by atoms with Gasteiger partial charge in [-0.25, -0.2) is 4.39 Å². The van der Waals surface area contributed by atoms with Gasteiger partial charge in [-0.15, -0.1) is 0 Å². The first-order chi connectivity index (χ1) is 10.8. The number of benzene rings is 1. The maximum absolute atomic E-state index is 12.8. The van der Waals surface area contributed by atoms with Crippen molar-refractivity contribution < 1.29 is 27.5 Å². The number of hydrogen-bond donors (Lipinski definition) is 2. The Morgan fingerprint density at radius 3 is 2.48 bits per heavy atom. The molecule has 23 heavy (non-hydrogen) atoms. The van der Waals surface area contributed by atoms with Gasteiger partial charge in [0.15, 0.2) is 5.69 Å². The van der Waals surface area contributed by atoms with E-state index in [1.54, 1.807) is 0 Å². The van der Waals surface area contributed by atoms with E-state index in [9.17, 15) is 22.4 Å². The molecule has 0 atom stereocenters. The first-order valence-electron chi connectivity index (χ1n) is 6.59. The number of aliphatic hydroxyl groups is 1. The SMILES string of the molecule is O=C(Cn1cc(CCO)c(C(F)(F)F)n1)Nc1ccc(F)cc1. The van der Waals surface area contributed by atoms with Gasteiger partial charge in [-0.3, -0.25) is 9.48 Å². The van der Waals surface area contributed by atoms with E-state index in [1.165, 1.54) is 12.1 Å². The molecule has 9 heteroatoms. The van der Waals surface area contributed by atoms with Gasteiger partial charge in [0.1, 0.15) is 12.4 Å². The van der Waals surface area contributed by atoms with Crippen molar-refractivity contribution in [3.8, 4) is 0 Å². The van der Waals surface area contributed by atoms with Gasteiger partial charge in [0.05, 0.1) is 0 Å². The zero-order chi connectivity index (χ0) is 17.0. The molecule has 0 saturated heterocycles. The van der Waals surface area contributed by atoms with Crippen LogP contribution in [0.2, 0.25) is 0 Å². The predicted molar refractivity (Wildman–Crippen MR) is 73.0 cm³/mol. The normalized spacial score (nSPS) is 11.5. The Bertz CT molecular complexity index is 680. The Hall–Kier alpha value is -2.42. The first-order valence-corrected chi connectivity index (χ1v) is 6.59. The van der Waals surface area contributed by atoms with Gasteiger partial charge >= 0.3 is 6.18 Å². The molecule has 0 fully saturated rings. The number of hydrogen-bond acceptors (Lipinski definition) is 3. The molecule has 1 amide bonds. The summed E-state index contributed by atoms with van der Waals surface area (Å²) in [5.74, 6) is -1.08. The monoisotopic (exact) mass is 331 g/mol. The van der Waals surface area contributed by atoms with Gasteiger partial charge in [0, 0.05) is 24.1 Å². The number of amides is 1. The zero-order valence-electron chi connectivity index (χ0n) is 11.8. The van der Waals surface area contributed by atoms with Crippen molar-refractivity contribution in [2.24, 2.45) is 0 Å². The molecule has 0 radical (unpaired) electrons. The standard InChI is InChI=1S/C14H13F4N3O2/c15-10-1-3-11(4-2-10)19-12(23)8-21-7-9(5-6-22)13(20-21)14(16,17)18/h1-4,7,22H,5-6,8H2,(H,19,23). The van der Waals surface area contributed by atoms with E-state index >= 15 is 0 Å². The maximum Gasteiger partial charge on any atom is 0.435 e. The summed E-state index contributed by atoms with van der Waals surface area (Å²) >= 11 is 0. The maximum atomic E-state index is 12.8. The fourth-order valence-electron chi connectivity index (χ4n) is 1.97. The van der Waals surface area contributed by atoms with Gasteiger partial charge < -0.3 is 10.4 Å². The fraction of sp³-hybridized carbons (Fsp3) is 0.286. The molecular weight excluding hydrogens is 318 g/mol. The highest BCUT2D eigenvalue weighted by Gasteiger charge is 2.37. The minimum Gasteiger partial charge on any atom is -0.396 e. The third kappa shape index (κ3) is 4.52. The molecule has 5 nitrogen and oxygen atoms in total. The van der Waals surface area contributed by atoms with Crippen molar-refractivity contribution in [1.82, 2.24) is 9.78 Å². The van der Waals surface area contributed by atoms with Crippen molar-refractivity contribution in [3.05, 3.63) is 47.5 Å². The van der Waals surface area contributed by atoms with E-state index in [4.69, 9.17) is 5.11 Å². The molecule has 0 aliphatic carbocycles. The molecule has 0 unspecified atom stereocenters. The number of aromatic nitrogens is 2. The van der Waals surface area contributed by atoms with Gasteiger partial charge in [-0.05, 0) is 30.7 Å². The summed E-state index contributed by atoms with van der Waals surface area (Å²) in [7, 11) is 0. The second-order valence-corrected chi connectivity index (χ2v) is 4.73. The molecule has 0 aliphatic rings. The number of aliphatic hydroxyl groups excluding tert-OH is 1. The van der Waals surface area contributed by atoms with Crippen LogP contribution in [0.4, 0.5) is 23.2 Å². The summed E-state index contributed by atoms with van der Waals surface area (Å²) < 4.78 is 52.0. The van der Waals surface area contributed by atoms with Crippen LogP contribution in [0.25, 0.3) is 0 Å². The lowest BCUT2D eigenvalue weighted by Gasteiger charge is -2.05. The summed E-state index contributed by atoms with van der Waals surface area (Å²) in [6, 6.07) is 4.94. The summed E-state index contributed by atoms with van der Waals surface area (Å²) in [4.78, 5) is 11.8. The van der Waals surface area contributed by atoms with Crippen molar-refractivity contribution in [3.63, 3.8) is 0 Å². The largest absolute Gasteiger partial charge is 0.435 e. The quantitative estimate of drug-likeness (QED) is 0.826. The third-order valence-electron chi connectivity index (χ3n) is 2.92. The Morgan fingerprint density at radius 2 is 1.91 bits per heavy atom. The third-order valence-corrected chi connectivity index (χ3v) is 2.92. The van der Waals surface area contributed by atoms with Crippen molar-refractivity contribution in [2.45, 2.75) is 19.1 Å². The van der Waals surface area contributed by atoms with Gasteiger partial charge in [0.25, 0.3) is 0 Å². The summed E-state index contributed by atoms with van der Waals surface area (Å²) in [5.41, 5.74) is -0.995.